The minimum Gasteiger partial charge on any atom is -0.138 e. The molecule has 0 fully saturated rings. The highest BCUT2D eigenvalue weighted by molar-refractivity contribution is 7.16. The monoisotopic (exact) mass is 116 g/mol. The Bertz CT molecular complexity index is 27.3. The van der Waals surface area contributed by atoms with Gasteiger partial charge in [0, 0.05) is 0 Å². The fourth-order valence-electron chi connectivity index (χ4n) is 0.571. The number of rotatable bonds is 4. The molecule has 0 radical (unpaired) electrons. The third kappa shape index (κ3) is 6.49. The third-order valence-electron chi connectivity index (χ3n) is 1.06. The Balaban J connectivity index is 2.45. The van der Waals surface area contributed by atoms with Crippen LogP contribution in [-0.2, 0) is 0 Å². The Morgan fingerprint density at radius 2 is 2.29 bits per heavy atom. The lowest BCUT2D eigenvalue weighted by Crippen LogP contribution is -1.84. The average Bonchev–Trinajstić information content (AvgIpc) is 1.69. The lowest BCUT2D eigenvalue weighted by Gasteiger charge is -1.88. The van der Waals surface area contributed by atoms with Gasteiger partial charge >= 0.3 is 0 Å². The van der Waals surface area contributed by atoms with Crippen molar-refractivity contribution in [2.75, 3.05) is 6.16 Å². The molecule has 1 atom stereocenters. The van der Waals surface area contributed by atoms with Crippen molar-refractivity contribution in [2.24, 2.45) is 0 Å². The van der Waals surface area contributed by atoms with Crippen LogP contribution in [0, 0.1) is 0 Å². The van der Waals surface area contributed by atoms with Crippen LogP contribution < -0.4 is 0 Å². The highest BCUT2D eigenvalue weighted by Gasteiger charge is 1.83. The first-order valence-corrected chi connectivity index (χ1v) is 3.93. The fraction of sp³-hybridized carbons (Fsp3) is 1.00. The first-order valence-electron chi connectivity index (χ1n) is 3.12. The molecular formula is C5H14BP. The van der Waals surface area contributed by atoms with Gasteiger partial charge in [-0.1, -0.05) is 26.0 Å². The maximum absolute atomic E-state index is 2.75. The Kier molecular flexibility index (Phi) is 6.95. The van der Waals surface area contributed by atoms with Crippen molar-refractivity contribution in [3.63, 3.8) is 0 Å². The summed E-state index contributed by atoms with van der Waals surface area (Å²) < 4.78 is 0. The summed E-state index contributed by atoms with van der Waals surface area (Å²) in [6.45, 7) is 2.24. The maximum atomic E-state index is 2.75. The Labute approximate surface area is 49.5 Å². The van der Waals surface area contributed by atoms with Crippen LogP contribution in [0.15, 0.2) is 0 Å². The Morgan fingerprint density at radius 3 is 2.71 bits per heavy atom. The second-order valence-corrected chi connectivity index (χ2v) is 2.43. The summed E-state index contributed by atoms with van der Waals surface area (Å²) in [5, 5.41) is 0. The van der Waals surface area contributed by atoms with Gasteiger partial charge in [-0.15, -0.1) is 9.24 Å². The van der Waals surface area contributed by atoms with Crippen molar-refractivity contribution in [1.82, 2.24) is 0 Å². The quantitative estimate of drug-likeness (QED) is 0.297. The van der Waals surface area contributed by atoms with Crippen molar-refractivity contribution in [3.8, 4) is 0 Å². The molecule has 0 rings (SSSR count). The number of hydrogen-bond acceptors (Lipinski definition) is 0. The van der Waals surface area contributed by atoms with Crippen molar-refractivity contribution < 1.29 is 0 Å². The minimum atomic E-state index is 1.28. The van der Waals surface area contributed by atoms with Gasteiger partial charge in [0.2, 0.25) is 0 Å². The topological polar surface area (TPSA) is 0 Å². The molecule has 7 heavy (non-hydrogen) atoms. The van der Waals surface area contributed by atoms with E-state index in [0.717, 1.165) is 0 Å². The molecule has 0 bridgehead atoms. The molecular weight excluding hydrogens is 102 g/mol. The van der Waals surface area contributed by atoms with Crippen LogP contribution in [0.5, 0.6) is 0 Å². The summed E-state index contributed by atoms with van der Waals surface area (Å²) in [5.74, 6) is 0. The average molecular weight is 116 g/mol. The maximum Gasteiger partial charge on any atom is 0.120 e. The molecule has 0 aliphatic heterocycles. The van der Waals surface area contributed by atoms with Gasteiger partial charge in [0.05, 0.1) is 0 Å². The lowest BCUT2D eigenvalue weighted by molar-refractivity contribution is 1.08. The summed E-state index contributed by atoms with van der Waals surface area (Å²) in [4.78, 5) is 0. The SMILES string of the molecule is CCBCCCP. The van der Waals surface area contributed by atoms with E-state index in [2.05, 4.69) is 16.2 Å². The smallest absolute Gasteiger partial charge is 0.120 e. The van der Waals surface area contributed by atoms with Crippen LogP contribution >= 0.6 is 9.24 Å². The minimum absolute atomic E-state index is 1.28. The second kappa shape index (κ2) is 6.49. The Morgan fingerprint density at radius 1 is 1.57 bits per heavy atom. The van der Waals surface area contributed by atoms with Crippen LogP contribution in [0.3, 0.4) is 0 Å². The highest BCUT2D eigenvalue weighted by atomic mass is 31.0. The van der Waals surface area contributed by atoms with Crippen LogP contribution in [0.25, 0.3) is 0 Å². The molecule has 1 unspecified atom stereocenters. The van der Waals surface area contributed by atoms with Crippen molar-refractivity contribution in [1.29, 1.82) is 0 Å². The largest absolute Gasteiger partial charge is 0.138 e. The third-order valence-corrected chi connectivity index (χ3v) is 1.47. The van der Waals surface area contributed by atoms with Gasteiger partial charge in [0.15, 0.2) is 0 Å². The molecule has 42 valence electrons. The van der Waals surface area contributed by atoms with Crippen LogP contribution in [0.1, 0.15) is 13.3 Å². The summed E-state index contributed by atoms with van der Waals surface area (Å²) in [5.41, 5.74) is 0. The normalized spacial score (nSPS) is 8.86. The summed E-state index contributed by atoms with van der Waals surface area (Å²) in [7, 11) is 4.16. The van der Waals surface area contributed by atoms with Crippen LogP contribution in [-0.4, -0.2) is 13.4 Å². The van der Waals surface area contributed by atoms with Crippen LogP contribution in [0.2, 0.25) is 12.6 Å². The molecule has 0 aliphatic carbocycles. The molecule has 0 nitrogen and oxygen atoms in total. The highest BCUT2D eigenvalue weighted by Crippen LogP contribution is 1.94. The summed E-state index contributed by atoms with van der Waals surface area (Å²) in [6.07, 6.45) is 5.43. The summed E-state index contributed by atoms with van der Waals surface area (Å²) >= 11 is 0. The molecule has 0 aromatic carbocycles. The zero-order chi connectivity index (χ0) is 5.54. The zero-order valence-electron chi connectivity index (χ0n) is 5.11. The van der Waals surface area contributed by atoms with Crippen molar-refractivity contribution in [2.45, 2.75) is 26.0 Å². The van der Waals surface area contributed by atoms with Crippen molar-refractivity contribution >= 4 is 16.5 Å². The van der Waals surface area contributed by atoms with E-state index in [0.29, 0.717) is 0 Å². The molecule has 0 spiro atoms. The zero-order valence-corrected chi connectivity index (χ0v) is 6.27. The standard InChI is InChI=1S/C5H14BP/c1-2-6-4-3-5-7/h6H,2-5,7H2,1H3. The van der Waals surface area contributed by atoms with E-state index in [9.17, 15) is 0 Å². The van der Waals surface area contributed by atoms with E-state index in [1.165, 1.54) is 32.5 Å². The first kappa shape index (κ1) is 7.49. The molecule has 0 amide bonds. The van der Waals surface area contributed by atoms with Gasteiger partial charge in [-0.25, -0.2) is 0 Å². The van der Waals surface area contributed by atoms with E-state index in [4.69, 9.17) is 0 Å². The summed E-state index contributed by atoms with van der Waals surface area (Å²) in [6, 6.07) is 0. The van der Waals surface area contributed by atoms with E-state index in [-0.39, 0.29) is 0 Å². The van der Waals surface area contributed by atoms with Gasteiger partial charge in [-0.2, -0.15) is 0 Å². The predicted molar refractivity (Wildman–Crippen MR) is 41.6 cm³/mol. The van der Waals surface area contributed by atoms with E-state index < -0.39 is 0 Å². The van der Waals surface area contributed by atoms with Gasteiger partial charge in [0.1, 0.15) is 7.28 Å². The van der Waals surface area contributed by atoms with E-state index >= 15 is 0 Å². The Hall–Kier alpha value is 0.495. The second-order valence-electron chi connectivity index (χ2n) is 1.85. The van der Waals surface area contributed by atoms with E-state index in [1.807, 2.05) is 0 Å². The van der Waals surface area contributed by atoms with Gasteiger partial charge in [0.25, 0.3) is 0 Å². The molecule has 0 saturated carbocycles. The van der Waals surface area contributed by atoms with Gasteiger partial charge < -0.3 is 0 Å². The molecule has 0 N–H and O–H groups in total. The molecule has 0 aromatic heterocycles. The lowest BCUT2D eigenvalue weighted by atomic mass is 9.71. The van der Waals surface area contributed by atoms with Crippen LogP contribution in [0.4, 0.5) is 0 Å². The molecule has 0 saturated heterocycles. The molecule has 0 aromatic rings. The first-order chi connectivity index (χ1) is 3.41. The fourth-order valence-corrected chi connectivity index (χ4v) is 0.860. The van der Waals surface area contributed by atoms with E-state index in [1.54, 1.807) is 0 Å². The van der Waals surface area contributed by atoms with Gasteiger partial charge in [-0.05, 0) is 6.16 Å². The molecule has 2 heteroatoms. The molecule has 0 heterocycles. The van der Waals surface area contributed by atoms with Crippen molar-refractivity contribution in [3.05, 3.63) is 0 Å². The predicted octanol–water partition coefficient (Wildman–Crippen LogP) is 1.54. The number of hydrogen-bond donors (Lipinski definition) is 0. The molecule has 0 aliphatic rings. The van der Waals surface area contributed by atoms with Gasteiger partial charge in [-0.3, -0.25) is 0 Å².